The van der Waals surface area contributed by atoms with Crippen molar-refractivity contribution in [3.05, 3.63) is 108 Å². The van der Waals surface area contributed by atoms with E-state index >= 15 is 0 Å². The lowest BCUT2D eigenvalue weighted by Gasteiger charge is -2.09. The van der Waals surface area contributed by atoms with Gasteiger partial charge in [0.2, 0.25) is 0 Å². The molecule has 6 aromatic rings. The van der Waals surface area contributed by atoms with E-state index in [0.717, 1.165) is 24.8 Å². The number of rotatable bonds is 7. The molecule has 6 rings (SSSR count). The van der Waals surface area contributed by atoms with E-state index in [0.29, 0.717) is 29.2 Å². The average Bonchev–Trinajstić information content (AvgIpc) is 3.22. The van der Waals surface area contributed by atoms with Crippen LogP contribution in [0.5, 0.6) is 5.75 Å². The summed E-state index contributed by atoms with van der Waals surface area (Å²) in [6.45, 7) is 1.53. The maximum absolute atomic E-state index is 12.5. The average molecular weight is 461 g/mol. The van der Waals surface area contributed by atoms with Crippen molar-refractivity contribution in [2.45, 2.75) is 19.4 Å². The summed E-state index contributed by atoms with van der Waals surface area (Å²) in [5.41, 5.74) is 3.70. The van der Waals surface area contributed by atoms with Crippen molar-refractivity contribution < 1.29 is 9.15 Å². The number of benzene rings is 3. The van der Waals surface area contributed by atoms with Gasteiger partial charge in [0.15, 0.2) is 0 Å². The normalized spacial score (nSPS) is 11.4. The molecule has 0 aliphatic carbocycles. The third-order valence-electron chi connectivity index (χ3n) is 6.37. The van der Waals surface area contributed by atoms with Crippen LogP contribution in [-0.4, -0.2) is 16.2 Å². The van der Waals surface area contributed by atoms with Crippen LogP contribution in [0.3, 0.4) is 0 Å². The molecule has 0 N–H and O–H groups in total. The van der Waals surface area contributed by atoms with Gasteiger partial charge in [-0.2, -0.15) is 0 Å². The zero-order chi connectivity index (χ0) is 23.6. The molecule has 0 aliphatic heterocycles. The van der Waals surface area contributed by atoms with E-state index in [-0.39, 0.29) is 0 Å². The Bertz CT molecular complexity index is 1650. The van der Waals surface area contributed by atoms with Crippen LogP contribution >= 0.6 is 0 Å². The van der Waals surface area contributed by atoms with E-state index in [1.54, 1.807) is 18.3 Å². The van der Waals surface area contributed by atoms with Gasteiger partial charge in [0.25, 0.3) is 0 Å². The number of unbranched alkanes of at least 4 members (excludes halogenated alkanes) is 1. The Morgan fingerprint density at radius 3 is 2.29 bits per heavy atom. The molecule has 3 heterocycles. The highest BCUT2D eigenvalue weighted by molar-refractivity contribution is 6.07. The summed E-state index contributed by atoms with van der Waals surface area (Å²) < 4.78 is 13.9. The zero-order valence-corrected chi connectivity index (χ0v) is 19.2. The molecule has 0 saturated heterocycles. The molecule has 3 aromatic carbocycles. The quantitative estimate of drug-likeness (QED) is 0.194. The number of hydrogen-bond donors (Lipinski definition) is 0. The van der Waals surface area contributed by atoms with Crippen LogP contribution in [0.15, 0.2) is 106 Å². The fourth-order valence-electron chi connectivity index (χ4n) is 4.69. The first-order valence-electron chi connectivity index (χ1n) is 11.9. The second-order valence-corrected chi connectivity index (χ2v) is 8.60. The zero-order valence-electron chi connectivity index (χ0n) is 19.2. The van der Waals surface area contributed by atoms with Crippen molar-refractivity contribution in [3.8, 4) is 17.0 Å². The molecule has 0 amide bonds. The largest absolute Gasteiger partial charge is 0.493 e. The van der Waals surface area contributed by atoms with E-state index in [4.69, 9.17) is 9.15 Å². The number of aryl methyl sites for hydroxylation is 1. The van der Waals surface area contributed by atoms with E-state index in [1.807, 2.05) is 30.3 Å². The number of para-hydroxylation sites is 2. The third kappa shape index (κ3) is 4.06. The summed E-state index contributed by atoms with van der Waals surface area (Å²) in [4.78, 5) is 16.8. The molecule has 0 spiro atoms. The minimum Gasteiger partial charge on any atom is -0.493 e. The van der Waals surface area contributed by atoms with E-state index in [2.05, 4.69) is 58.1 Å². The van der Waals surface area contributed by atoms with Crippen LogP contribution in [0.1, 0.15) is 12.8 Å². The predicted octanol–water partition coefficient (Wildman–Crippen LogP) is 6.82. The fourth-order valence-corrected chi connectivity index (χ4v) is 4.69. The molecular formula is C30H24N2O3. The minimum absolute atomic E-state index is 0.403. The van der Waals surface area contributed by atoms with Crippen molar-refractivity contribution in [2.75, 3.05) is 6.61 Å². The Morgan fingerprint density at radius 1 is 0.800 bits per heavy atom. The molecule has 3 aromatic heterocycles. The highest BCUT2D eigenvalue weighted by atomic mass is 16.5. The van der Waals surface area contributed by atoms with Gasteiger partial charge in [-0.05, 0) is 55.3 Å². The molecule has 0 bridgehead atoms. The van der Waals surface area contributed by atoms with E-state index in [9.17, 15) is 4.79 Å². The molecule has 5 heteroatoms. The Balaban J connectivity index is 1.13. The summed E-state index contributed by atoms with van der Waals surface area (Å²) in [6.07, 6.45) is 3.58. The van der Waals surface area contributed by atoms with Crippen LogP contribution < -0.4 is 10.4 Å². The molecule has 0 unspecified atom stereocenters. The first-order valence-corrected chi connectivity index (χ1v) is 11.9. The number of ether oxygens (including phenoxy) is 1. The minimum atomic E-state index is -0.403. The lowest BCUT2D eigenvalue weighted by atomic mass is 10.1. The lowest BCUT2D eigenvalue weighted by Crippen LogP contribution is -2.04. The van der Waals surface area contributed by atoms with Gasteiger partial charge in [0, 0.05) is 46.0 Å². The fraction of sp³-hybridized carbons (Fsp3) is 0.133. The first-order chi connectivity index (χ1) is 17.3. The molecule has 0 fully saturated rings. The maximum atomic E-state index is 12.5. The smallest absolute Gasteiger partial charge is 0.345 e. The highest BCUT2D eigenvalue weighted by Crippen LogP contribution is 2.29. The Morgan fingerprint density at radius 2 is 1.54 bits per heavy atom. The second kappa shape index (κ2) is 9.11. The van der Waals surface area contributed by atoms with Crippen molar-refractivity contribution in [1.82, 2.24) is 9.55 Å². The predicted molar refractivity (Wildman–Crippen MR) is 140 cm³/mol. The summed E-state index contributed by atoms with van der Waals surface area (Å²) in [7, 11) is 0. The van der Waals surface area contributed by atoms with Gasteiger partial charge in [-0.15, -0.1) is 0 Å². The Labute approximate surface area is 202 Å². The van der Waals surface area contributed by atoms with Crippen LogP contribution in [0.2, 0.25) is 0 Å². The number of pyridine rings is 1. The molecular weight excluding hydrogens is 436 g/mol. The van der Waals surface area contributed by atoms with Gasteiger partial charge in [0.1, 0.15) is 11.3 Å². The van der Waals surface area contributed by atoms with Gasteiger partial charge < -0.3 is 13.7 Å². The maximum Gasteiger partial charge on any atom is 0.345 e. The van der Waals surface area contributed by atoms with Crippen LogP contribution in [-0.2, 0) is 6.54 Å². The van der Waals surface area contributed by atoms with E-state index in [1.165, 1.54) is 21.8 Å². The number of nitrogens with zero attached hydrogens (tertiary/aromatic N) is 2. The van der Waals surface area contributed by atoms with Crippen LogP contribution in [0, 0.1) is 0 Å². The van der Waals surface area contributed by atoms with Crippen molar-refractivity contribution in [1.29, 1.82) is 0 Å². The third-order valence-corrected chi connectivity index (χ3v) is 6.37. The molecule has 35 heavy (non-hydrogen) atoms. The van der Waals surface area contributed by atoms with Gasteiger partial charge in [-0.25, -0.2) is 4.79 Å². The summed E-state index contributed by atoms with van der Waals surface area (Å²) in [5.74, 6) is 0.697. The summed E-state index contributed by atoms with van der Waals surface area (Å²) >= 11 is 0. The highest BCUT2D eigenvalue weighted by Gasteiger charge is 2.11. The van der Waals surface area contributed by atoms with Crippen LogP contribution in [0.4, 0.5) is 0 Å². The second-order valence-electron chi connectivity index (χ2n) is 8.60. The monoisotopic (exact) mass is 460 g/mol. The van der Waals surface area contributed by atoms with Crippen LogP contribution in [0.25, 0.3) is 44.0 Å². The summed E-state index contributed by atoms with van der Waals surface area (Å²) in [6, 6.07) is 30.0. The lowest BCUT2D eigenvalue weighted by molar-refractivity contribution is 0.304. The molecule has 0 radical (unpaired) electrons. The number of hydrogen-bond acceptors (Lipinski definition) is 4. The molecule has 0 atom stereocenters. The number of fused-ring (bicyclic) bond motifs is 4. The Hall–Kier alpha value is -4.38. The first kappa shape index (κ1) is 21.2. The van der Waals surface area contributed by atoms with Gasteiger partial charge >= 0.3 is 5.63 Å². The van der Waals surface area contributed by atoms with E-state index < -0.39 is 5.63 Å². The molecule has 0 saturated carbocycles. The standard InChI is InChI=1S/C30H24N2O3/c33-30-25(26-11-5-6-16-31-26)19-21-14-15-22(20-29(21)35-30)34-18-8-7-17-32-27-12-3-1-9-23(27)24-10-2-4-13-28(24)32/h1-6,9-16,19-20H,7-8,17-18H2. The Kier molecular flexibility index (Phi) is 5.51. The van der Waals surface area contributed by atoms with Gasteiger partial charge in [-0.1, -0.05) is 42.5 Å². The topological polar surface area (TPSA) is 57.3 Å². The van der Waals surface area contributed by atoms with Crippen molar-refractivity contribution >= 4 is 32.8 Å². The molecule has 0 aliphatic rings. The van der Waals surface area contributed by atoms with Gasteiger partial charge in [0.05, 0.1) is 17.9 Å². The summed E-state index contributed by atoms with van der Waals surface area (Å²) in [5, 5.41) is 3.43. The van der Waals surface area contributed by atoms with Crippen molar-refractivity contribution in [2.24, 2.45) is 0 Å². The number of aromatic nitrogens is 2. The van der Waals surface area contributed by atoms with Crippen molar-refractivity contribution in [3.63, 3.8) is 0 Å². The molecule has 5 nitrogen and oxygen atoms in total. The van der Waals surface area contributed by atoms with Gasteiger partial charge in [-0.3, -0.25) is 4.98 Å². The molecule has 172 valence electrons. The SMILES string of the molecule is O=c1oc2cc(OCCCCn3c4ccccc4c4ccccc43)ccc2cc1-c1ccccn1.